The molecule has 0 unspecified atom stereocenters. The highest BCUT2D eigenvalue weighted by Gasteiger charge is 2.26. The fourth-order valence-corrected chi connectivity index (χ4v) is 4.00. The molecule has 1 saturated heterocycles. The van der Waals surface area contributed by atoms with E-state index in [1.54, 1.807) is 6.92 Å². The van der Waals surface area contributed by atoms with Crippen molar-refractivity contribution in [3.05, 3.63) is 10.4 Å². The summed E-state index contributed by atoms with van der Waals surface area (Å²) < 4.78 is 0. The third-order valence-electron chi connectivity index (χ3n) is 3.89. The smallest absolute Gasteiger partial charge is 0.253 e. The first-order valence-electron chi connectivity index (χ1n) is 7.56. The number of nitrogens with two attached hydrogens (primary N) is 2. The van der Waals surface area contributed by atoms with Crippen LogP contribution in [0.4, 0.5) is 10.7 Å². The molecule has 5 nitrogen and oxygen atoms in total. The SMILES string of the molecule is CCC(=O)c1sc(N2CCCCCCC2)c(C(N)=O)c1N. The molecule has 1 aliphatic rings. The second-order valence-corrected chi connectivity index (χ2v) is 6.42. The second-order valence-electron chi connectivity index (χ2n) is 5.42. The number of anilines is 2. The third kappa shape index (κ3) is 3.37. The van der Waals surface area contributed by atoms with Crippen LogP contribution in [0, 0.1) is 0 Å². The standard InChI is InChI=1S/C15H23N3O2S/c1-2-10(19)13-12(16)11(14(17)20)15(21-13)18-8-6-4-3-5-7-9-18/h2-9,16H2,1H3,(H2,17,20). The summed E-state index contributed by atoms with van der Waals surface area (Å²) in [6, 6.07) is 0. The van der Waals surface area contributed by atoms with E-state index < -0.39 is 5.91 Å². The number of hydrogen-bond acceptors (Lipinski definition) is 5. The van der Waals surface area contributed by atoms with Gasteiger partial charge in [-0.2, -0.15) is 0 Å². The van der Waals surface area contributed by atoms with Gasteiger partial charge in [-0.15, -0.1) is 11.3 Å². The normalized spacial score (nSPS) is 16.3. The van der Waals surface area contributed by atoms with Crippen molar-refractivity contribution < 1.29 is 9.59 Å². The average Bonchev–Trinajstić information content (AvgIpc) is 2.75. The molecule has 4 N–H and O–H groups in total. The topological polar surface area (TPSA) is 89.4 Å². The number of nitrogen functional groups attached to an aromatic ring is 1. The molecule has 1 amide bonds. The zero-order valence-electron chi connectivity index (χ0n) is 12.5. The van der Waals surface area contributed by atoms with Gasteiger partial charge in [-0.1, -0.05) is 26.2 Å². The highest BCUT2D eigenvalue weighted by atomic mass is 32.1. The molecule has 1 aromatic rings. The highest BCUT2D eigenvalue weighted by Crippen LogP contribution is 2.39. The molecule has 1 aliphatic heterocycles. The van der Waals surface area contributed by atoms with Crippen molar-refractivity contribution in [3.63, 3.8) is 0 Å². The average molecular weight is 309 g/mol. The maximum absolute atomic E-state index is 12.0. The maximum atomic E-state index is 12.0. The Morgan fingerprint density at radius 2 is 1.71 bits per heavy atom. The fraction of sp³-hybridized carbons (Fsp3) is 0.600. The Kier molecular flexibility index (Phi) is 5.22. The van der Waals surface area contributed by atoms with Crippen molar-refractivity contribution in [1.29, 1.82) is 0 Å². The molecule has 0 aromatic carbocycles. The van der Waals surface area contributed by atoms with Crippen LogP contribution in [-0.4, -0.2) is 24.8 Å². The molecule has 0 saturated carbocycles. The van der Waals surface area contributed by atoms with Gasteiger partial charge in [0.25, 0.3) is 5.91 Å². The first kappa shape index (κ1) is 15.8. The summed E-state index contributed by atoms with van der Waals surface area (Å²) in [5.41, 5.74) is 12.1. The van der Waals surface area contributed by atoms with Gasteiger partial charge >= 0.3 is 0 Å². The van der Waals surface area contributed by atoms with Crippen LogP contribution in [0.3, 0.4) is 0 Å². The van der Waals surface area contributed by atoms with Crippen LogP contribution in [0.2, 0.25) is 0 Å². The zero-order valence-corrected chi connectivity index (χ0v) is 13.3. The molecular formula is C15H23N3O2S. The van der Waals surface area contributed by atoms with Crippen LogP contribution in [0.25, 0.3) is 0 Å². The number of rotatable bonds is 4. The molecule has 0 spiro atoms. The van der Waals surface area contributed by atoms with E-state index in [1.807, 2.05) is 0 Å². The predicted octanol–water partition coefficient (Wildman–Crippen LogP) is 2.79. The molecular weight excluding hydrogens is 286 g/mol. The van der Waals surface area contributed by atoms with Gasteiger partial charge in [0.1, 0.15) is 5.00 Å². The monoisotopic (exact) mass is 309 g/mol. The van der Waals surface area contributed by atoms with Crippen molar-refractivity contribution in [3.8, 4) is 0 Å². The van der Waals surface area contributed by atoms with Gasteiger partial charge < -0.3 is 16.4 Å². The van der Waals surface area contributed by atoms with Gasteiger partial charge in [0, 0.05) is 19.5 Å². The lowest BCUT2D eigenvalue weighted by Crippen LogP contribution is -2.28. The number of hydrogen-bond donors (Lipinski definition) is 2. The Labute approximate surface area is 129 Å². The number of nitrogens with zero attached hydrogens (tertiary/aromatic N) is 1. The first-order valence-corrected chi connectivity index (χ1v) is 8.38. The van der Waals surface area contributed by atoms with E-state index in [4.69, 9.17) is 11.5 Å². The Bertz CT molecular complexity index is 531. The lowest BCUT2D eigenvalue weighted by atomic mass is 10.1. The molecule has 1 fully saturated rings. The van der Waals surface area contributed by atoms with Crippen molar-refractivity contribution in [2.24, 2.45) is 5.73 Å². The van der Waals surface area contributed by atoms with Crippen molar-refractivity contribution >= 4 is 33.7 Å². The molecule has 0 bridgehead atoms. The fourth-order valence-electron chi connectivity index (χ4n) is 2.71. The van der Waals surface area contributed by atoms with Crippen LogP contribution in [0.1, 0.15) is 65.5 Å². The number of amides is 1. The molecule has 2 heterocycles. The quantitative estimate of drug-likeness (QED) is 0.837. The van der Waals surface area contributed by atoms with Gasteiger partial charge in [0.05, 0.1) is 16.1 Å². The Hall–Kier alpha value is -1.56. The minimum absolute atomic E-state index is 0.0294. The minimum Gasteiger partial charge on any atom is -0.397 e. The van der Waals surface area contributed by atoms with E-state index >= 15 is 0 Å². The van der Waals surface area contributed by atoms with Gasteiger partial charge in [0.2, 0.25) is 0 Å². The number of primary amides is 1. The van der Waals surface area contributed by atoms with Crippen molar-refractivity contribution in [2.45, 2.75) is 45.4 Å². The summed E-state index contributed by atoms with van der Waals surface area (Å²) in [5.74, 6) is -0.575. The van der Waals surface area contributed by atoms with Crippen LogP contribution < -0.4 is 16.4 Å². The van der Waals surface area contributed by atoms with Crippen LogP contribution in [0.5, 0.6) is 0 Å². The molecule has 0 atom stereocenters. The predicted molar refractivity (Wildman–Crippen MR) is 87.2 cm³/mol. The molecule has 6 heteroatoms. The largest absolute Gasteiger partial charge is 0.397 e. The molecule has 1 aromatic heterocycles. The summed E-state index contributed by atoms with van der Waals surface area (Å²) in [7, 11) is 0. The van der Waals surface area contributed by atoms with E-state index in [-0.39, 0.29) is 11.5 Å². The number of carbonyl (C=O) groups is 2. The lowest BCUT2D eigenvalue weighted by molar-refractivity contribution is 0.0991. The molecule has 2 rings (SSSR count). The van der Waals surface area contributed by atoms with E-state index in [9.17, 15) is 9.59 Å². The zero-order chi connectivity index (χ0) is 15.4. The molecule has 0 aliphatic carbocycles. The van der Waals surface area contributed by atoms with Gasteiger partial charge in [-0.05, 0) is 12.8 Å². The first-order chi connectivity index (χ1) is 10.1. The summed E-state index contributed by atoms with van der Waals surface area (Å²) in [6.45, 7) is 3.57. The number of carbonyl (C=O) groups excluding carboxylic acids is 2. The van der Waals surface area contributed by atoms with Crippen LogP contribution >= 0.6 is 11.3 Å². The number of Topliss-reactive ketones (excluding diaryl/α,β-unsaturated/α-hetero) is 1. The lowest BCUT2D eigenvalue weighted by Gasteiger charge is -2.26. The summed E-state index contributed by atoms with van der Waals surface area (Å²) >= 11 is 1.32. The number of thiophene rings is 1. The third-order valence-corrected chi connectivity index (χ3v) is 5.20. The van der Waals surface area contributed by atoms with E-state index in [2.05, 4.69) is 4.90 Å². The van der Waals surface area contributed by atoms with E-state index in [0.717, 1.165) is 30.9 Å². The van der Waals surface area contributed by atoms with Gasteiger partial charge in [-0.25, -0.2) is 0 Å². The molecule has 116 valence electrons. The number of ketones is 1. The molecule has 21 heavy (non-hydrogen) atoms. The maximum Gasteiger partial charge on any atom is 0.253 e. The summed E-state index contributed by atoms with van der Waals surface area (Å²) in [6.07, 6.45) is 6.22. The minimum atomic E-state index is -0.545. The second kappa shape index (κ2) is 6.93. The van der Waals surface area contributed by atoms with E-state index in [0.29, 0.717) is 16.9 Å². The Balaban J connectivity index is 2.40. The Morgan fingerprint density at radius 3 is 2.24 bits per heavy atom. The summed E-state index contributed by atoms with van der Waals surface area (Å²) in [4.78, 5) is 26.4. The summed E-state index contributed by atoms with van der Waals surface area (Å²) in [5, 5.41) is 0.777. The Morgan fingerprint density at radius 1 is 1.14 bits per heavy atom. The van der Waals surface area contributed by atoms with Crippen LogP contribution in [0.15, 0.2) is 0 Å². The van der Waals surface area contributed by atoms with Crippen molar-refractivity contribution in [2.75, 3.05) is 23.7 Å². The molecule has 0 radical (unpaired) electrons. The van der Waals surface area contributed by atoms with Gasteiger partial charge in [0.15, 0.2) is 5.78 Å². The van der Waals surface area contributed by atoms with Crippen molar-refractivity contribution in [1.82, 2.24) is 0 Å². The highest BCUT2D eigenvalue weighted by molar-refractivity contribution is 7.19. The van der Waals surface area contributed by atoms with Crippen LogP contribution in [-0.2, 0) is 0 Å². The van der Waals surface area contributed by atoms with Gasteiger partial charge in [-0.3, -0.25) is 9.59 Å². The van der Waals surface area contributed by atoms with E-state index in [1.165, 1.54) is 30.6 Å².